The zero-order chi connectivity index (χ0) is 18.0. The second-order valence-corrected chi connectivity index (χ2v) is 6.25. The second-order valence-electron chi connectivity index (χ2n) is 6.25. The molecular weight excluding hydrogens is 329 g/mol. The molecule has 2 nitrogen and oxygen atoms in total. The molecule has 0 amide bonds. The molecule has 0 radical (unpaired) electrons. The molecule has 1 saturated heterocycles. The van der Waals surface area contributed by atoms with E-state index in [1.807, 2.05) is 6.92 Å². The van der Waals surface area contributed by atoms with Crippen LogP contribution in [-0.2, 0) is 15.9 Å². The van der Waals surface area contributed by atoms with Crippen LogP contribution in [0, 0.1) is 17.5 Å². The van der Waals surface area contributed by atoms with Gasteiger partial charge in [0.05, 0.1) is 18.8 Å². The molecule has 1 heterocycles. The first-order valence-electron chi connectivity index (χ1n) is 8.46. The maximum Gasteiger partial charge on any atom is 0.167 e. The van der Waals surface area contributed by atoms with Gasteiger partial charge in [0.25, 0.3) is 0 Å². The number of benzene rings is 2. The third-order valence-corrected chi connectivity index (χ3v) is 4.77. The van der Waals surface area contributed by atoms with E-state index < -0.39 is 23.6 Å². The van der Waals surface area contributed by atoms with Crippen molar-refractivity contribution in [3.05, 3.63) is 58.9 Å². The number of hydrogen-bond acceptors (Lipinski definition) is 2. The van der Waals surface area contributed by atoms with E-state index in [2.05, 4.69) is 0 Å². The molecule has 2 atom stereocenters. The highest BCUT2D eigenvalue weighted by molar-refractivity contribution is 5.65. The summed E-state index contributed by atoms with van der Waals surface area (Å²) in [6, 6.07) is 7.47. The number of rotatable bonds is 4. The van der Waals surface area contributed by atoms with Gasteiger partial charge in [-0.2, -0.15) is 0 Å². The maximum absolute atomic E-state index is 14.6. The average Bonchev–Trinajstić information content (AvgIpc) is 2.64. The lowest BCUT2D eigenvalue weighted by Crippen LogP contribution is -2.27. The minimum Gasteiger partial charge on any atom is -0.379 e. The van der Waals surface area contributed by atoms with E-state index in [1.54, 1.807) is 19.2 Å². The number of halogens is 3. The molecule has 2 unspecified atom stereocenters. The summed E-state index contributed by atoms with van der Waals surface area (Å²) in [5.41, 5.74) is 1.11. The van der Waals surface area contributed by atoms with E-state index in [4.69, 9.17) is 9.47 Å². The van der Waals surface area contributed by atoms with Crippen LogP contribution in [0.25, 0.3) is 11.1 Å². The molecule has 134 valence electrons. The Hall–Kier alpha value is -1.85. The maximum atomic E-state index is 14.6. The molecule has 1 aliphatic rings. The predicted molar refractivity (Wildman–Crippen MR) is 89.9 cm³/mol. The lowest BCUT2D eigenvalue weighted by molar-refractivity contribution is -0.0736. The van der Waals surface area contributed by atoms with E-state index in [0.29, 0.717) is 30.6 Å². The topological polar surface area (TPSA) is 18.5 Å². The summed E-state index contributed by atoms with van der Waals surface area (Å²) in [7, 11) is 1.60. The van der Waals surface area contributed by atoms with Crippen LogP contribution >= 0.6 is 0 Å². The molecule has 1 fully saturated rings. The van der Waals surface area contributed by atoms with Crippen molar-refractivity contribution in [2.24, 2.45) is 0 Å². The Balaban J connectivity index is 1.89. The van der Waals surface area contributed by atoms with Crippen molar-refractivity contribution in [3.63, 3.8) is 0 Å². The van der Waals surface area contributed by atoms with E-state index in [-0.39, 0.29) is 17.2 Å². The Labute approximate surface area is 145 Å². The Morgan fingerprint density at radius 2 is 1.88 bits per heavy atom. The summed E-state index contributed by atoms with van der Waals surface area (Å²) >= 11 is 0. The minimum atomic E-state index is -0.974. The molecule has 2 aromatic carbocycles. The van der Waals surface area contributed by atoms with E-state index in [0.717, 1.165) is 6.42 Å². The van der Waals surface area contributed by atoms with Gasteiger partial charge in [-0.05, 0) is 36.5 Å². The second kappa shape index (κ2) is 7.58. The van der Waals surface area contributed by atoms with E-state index >= 15 is 0 Å². The molecule has 0 spiro atoms. The molecule has 0 N–H and O–H groups in total. The van der Waals surface area contributed by atoms with Gasteiger partial charge in [0.1, 0.15) is 5.82 Å². The van der Waals surface area contributed by atoms with E-state index in [9.17, 15) is 13.2 Å². The van der Waals surface area contributed by atoms with Crippen molar-refractivity contribution < 1.29 is 22.6 Å². The SMILES string of the molecule is CCc1ccc(-c2ccc(C3CCC(OC)CO3)c(F)c2F)cc1F. The summed E-state index contributed by atoms with van der Waals surface area (Å²) < 4.78 is 53.9. The molecule has 1 aliphatic heterocycles. The molecule has 2 aromatic rings. The summed E-state index contributed by atoms with van der Waals surface area (Å²) in [6.07, 6.45) is 1.34. The highest BCUT2D eigenvalue weighted by Gasteiger charge is 2.27. The lowest BCUT2D eigenvalue weighted by atomic mass is 9.95. The van der Waals surface area contributed by atoms with Gasteiger partial charge in [-0.1, -0.05) is 31.2 Å². The zero-order valence-corrected chi connectivity index (χ0v) is 14.3. The normalized spacial score (nSPS) is 20.7. The monoisotopic (exact) mass is 350 g/mol. The van der Waals surface area contributed by atoms with Crippen LogP contribution in [0.1, 0.15) is 37.0 Å². The fourth-order valence-corrected chi connectivity index (χ4v) is 3.20. The van der Waals surface area contributed by atoms with Crippen molar-refractivity contribution in [2.45, 2.75) is 38.4 Å². The lowest BCUT2D eigenvalue weighted by Gasteiger charge is -2.28. The smallest absolute Gasteiger partial charge is 0.167 e. The summed E-state index contributed by atoms with van der Waals surface area (Å²) in [5, 5.41) is 0. The predicted octanol–water partition coefficient (Wildman–Crippen LogP) is 5.20. The number of methoxy groups -OCH3 is 1. The van der Waals surface area contributed by atoms with Gasteiger partial charge >= 0.3 is 0 Å². The molecule has 25 heavy (non-hydrogen) atoms. The van der Waals surface area contributed by atoms with Crippen molar-refractivity contribution in [3.8, 4) is 11.1 Å². The summed E-state index contributed by atoms with van der Waals surface area (Å²) in [6.45, 7) is 2.19. The van der Waals surface area contributed by atoms with Crippen LogP contribution in [0.2, 0.25) is 0 Å². The van der Waals surface area contributed by atoms with Crippen LogP contribution in [0.15, 0.2) is 30.3 Å². The highest BCUT2D eigenvalue weighted by atomic mass is 19.2. The van der Waals surface area contributed by atoms with Gasteiger partial charge in [-0.15, -0.1) is 0 Å². The van der Waals surface area contributed by atoms with Gasteiger partial charge in [-0.3, -0.25) is 0 Å². The molecule has 0 aromatic heterocycles. The van der Waals surface area contributed by atoms with Crippen LogP contribution in [-0.4, -0.2) is 19.8 Å². The van der Waals surface area contributed by atoms with Crippen LogP contribution in [0.5, 0.6) is 0 Å². The Bertz CT molecular complexity index is 753. The Kier molecular flexibility index (Phi) is 5.45. The first kappa shape index (κ1) is 18.0. The molecular formula is C20H21F3O2. The number of aryl methyl sites for hydroxylation is 1. The largest absolute Gasteiger partial charge is 0.379 e. The Morgan fingerprint density at radius 3 is 2.48 bits per heavy atom. The number of ether oxygens (including phenoxy) is 2. The number of hydrogen-bond donors (Lipinski definition) is 0. The first-order valence-corrected chi connectivity index (χ1v) is 8.46. The molecule has 0 bridgehead atoms. The van der Waals surface area contributed by atoms with Crippen molar-refractivity contribution in [2.75, 3.05) is 13.7 Å². The summed E-state index contributed by atoms with van der Waals surface area (Å²) in [5.74, 6) is -2.32. The molecule has 3 rings (SSSR count). The zero-order valence-electron chi connectivity index (χ0n) is 14.3. The fourth-order valence-electron chi connectivity index (χ4n) is 3.20. The van der Waals surface area contributed by atoms with Crippen molar-refractivity contribution in [1.82, 2.24) is 0 Å². The van der Waals surface area contributed by atoms with Crippen molar-refractivity contribution >= 4 is 0 Å². The quantitative estimate of drug-likeness (QED) is 0.754. The average molecular weight is 350 g/mol. The van der Waals surface area contributed by atoms with Crippen LogP contribution < -0.4 is 0 Å². The fraction of sp³-hybridized carbons (Fsp3) is 0.400. The Morgan fingerprint density at radius 1 is 1.08 bits per heavy atom. The first-order chi connectivity index (χ1) is 12.0. The minimum absolute atomic E-state index is 0.0107. The van der Waals surface area contributed by atoms with Gasteiger partial charge in [0.15, 0.2) is 11.6 Å². The van der Waals surface area contributed by atoms with Gasteiger partial charge in [-0.25, -0.2) is 13.2 Å². The third kappa shape index (κ3) is 3.58. The highest BCUT2D eigenvalue weighted by Crippen LogP contribution is 2.35. The van der Waals surface area contributed by atoms with Gasteiger partial charge < -0.3 is 9.47 Å². The van der Waals surface area contributed by atoms with Crippen LogP contribution in [0.3, 0.4) is 0 Å². The van der Waals surface area contributed by atoms with Crippen LogP contribution in [0.4, 0.5) is 13.2 Å². The van der Waals surface area contributed by atoms with E-state index in [1.165, 1.54) is 18.2 Å². The third-order valence-electron chi connectivity index (χ3n) is 4.77. The summed E-state index contributed by atoms with van der Waals surface area (Å²) in [4.78, 5) is 0. The molecule has 5 heteroatoms. The molecule has 0 saturated carbocycles. The van der Waals surface area contributed by atoms with Crippen molar-refractivity contribution in [1.29, 1.82) is 0 Å². The standard InChI is InChI=1S/C20H21F3O2/c1-3-12-4-5-13(10-17(12)21)15-7-8-16(20(23)19(15)22)18-9-6-14(24-2)11-25-18/h4-5,7-8,10,14,18H,3,6,9,11H2,1-2H3. The molecule has 0 aliphatic carbocycles. The van der Waals surface area contributed by atoms with Gasteiger partial charge in [0.2, 0.25) is 0 Å². The van der Waals surface area contributed by atoms with Gasteiger partial charge in [0, 0.05) is 18.2 Å².